The first kappa shape index (κ1) is 11.8. The number of aromatic nitrogens is 1. The number of aromatic amines is 1. The summed E-state index contributed by atoms with van der Waals surface area (Å²) in [6.07, 6.45) is 4.01. The molecule has 3 nitrogen and oxygen atoms in total. The molecule has 1 aromatic carbocycles. The molecule has 18 heavy (non-hydrogen) atoms. The maximum absolute atomic E-state index is 11.6. The van der Waals surface area contributed by atoms with Crippen LogP contribution in [0.4, 0.5) is 0 Å². The molecule has 1 aliphatic rings. The third-order valence-corrected chi connectivity index (χ3v) is 4.13. The van der Waals surface area contributed by atoms with Crippen molar-refractivity contribution in [3.8, 4) is 0 Å². The van der Waals surface area contributed by atoms with Gasteiger partial charge in [-0.3, -0.25) is 4.79 Å². The van der Waals surface area contributed by atoms with Crippen molar-refractivity contribution in [1.82, 2.24) is 9.88 Å². The average molecular weight is 260 g/mol. The molecule has 94 valence electrons. The predicted molar refractivity (Wildman–Crippen MR) is 76.5 cm³/mol. The summed E-state index contributed by atoms with van der Waals surface area (Å²) < 4.78 is 0. The van der Waals surface area contributed by atoms with Crippen molar-refractivity contribution in [3.05, 3.63) is 35.0 Å². The van der Waals surface area contributed by atoms with Crippen LogP contribution in [0, 0.1) is 0 Å². The number of hydrogen-bond acceptors (Lipinski definition) is 2. The molecule has 0 radical (unpaired) electrons. The number of hydrogen-bond donors (Lipinski definition) is 2. The van der Waals surface area contributed by atoms with E-state index in [9.17, 15) is 4.79 Å². The summed E-state index contributed by atoms with van der Waals surface area (Å²) in [5.41, 5.74) is 4.32. The summed E-state index contributed by atoms with van der Waals surface area (Å²) in [5.74, 6) is 0. The van der Waals surface area contributed by atoms with Crippen LogP contribution in [-0.2, 0) is 12.8 Å². The highest BCUT2D eigenvalue weighted by atomic mass is 32.1. The SMILES string of the molecule is CN(C)C1Cc2c[nH]c3ccc(C(=O)S)c(c23)C1. The van der Waals surface area contributed by atoms with E-state index in [1.54, 1.807) is 0 Å². The first-order valence-electron chi connectivity index (χ1n) is 6.09. The predicted octanol–water partition coefficient (Wildman–Crippen LogP) is 2.27. The Kier molecular flexibility index (Phi) is 2.72. The van der Waals surface area contributed by atoms with Crippen molar-refractivity contribution < 1.29 is 4.79 Å². The lowest BCUT2D eigenvalue weighted by Gasteiger charge is -2.29. The third-order valence-electron chi connectivity index (χ3n) is 3.89. The lowest BCUT2D eigenvalue weighted by atomic mass is 9.86. The van der Waals surface area contributed by atoms with E-state index < -0.39 is 0 Å². The molecule has 0 spiro atoms. The summed E-state index contributed by atoms with van der Waals surface area (Å²) in [4.78, 5) is 17.2. The quantitative estimate of drug-likeness (QED) is 0.813. The van der Waals surface area contributed by atoms with Gasteiger partial charge in [-0.15, -0.1) is 12.6 Å². The summed E-state index contributed by atoms with van der Waals surface area (Å²) >= 11 is 3.99. The lowest BCUT2D eigenvalue weighted by molar-refractivity contribution is 0.109. The fourth-order valence-electron chi connectivity index (χ4n) is 2.87. The minimum absolute atomic E-state index is 0.140. The van der Waals surface area contributed by atoms with Crippen molar-refractivity contribution in [3.63, 3.8) is 0 Å². The first-order valence-corrected chi connectivity index (χ1v) is 6.54. The van der Waals surface area contributed by atoms with E-state index in [0.717, 1.165) is 29.5 Å². The van der Waals surface area contributed by atoms with Gasteiger partial charge in [0.1, 0.15) is 0 Å². The highest BCUT2D eigenvalue weighted by Crippen LogP contribution is 2.33. The topological polar surface area (TPSA) is 36.1 Å². The van der Waals surface area contributed by atoms with E-state index in [1.807, 2.05) is 12.1 Å². The maximum Gasteiger partial charge on any atom is 0.216 e. The molecule has 1 aromatic heterocycles. The number of likely N-dealkylation sites (N-methyl/N-ethyl adjacent to an activating group) is 1. The molecule has 0 saturated heterocycles. The van der Waals surface area contributed by atoms with Crippen LogP contribution in [0.25, 0.3) is 10.9 Å². The molecular weight excluding hydrogens is 244 g/mol. The highest BCUT2D eigenvalue weighted by Gasteiger charge is 2.26. The molecule has 4 heteroatoms. The Bertz CT molecular complexity index is 630. The zero-order chi connectivity index (χ0) is 12.9. The van der Waals surface area contributed by atoms with Gasteiger partial charge in [-0.1, -0.05) is 0 Å². The molecule has 1 atom stereocenters. The Morgan fingerprint density at radius 1 is 1.39 bits per heavy atom. The van der Waals surface area contributed by atoms with Crippen LogP contribution in [0.2, 0.25) is 0 Å². The standard InChI is InChI=1S/C14H16N2OS/c1-16(2)9-5-8-7-15-12-4-3-10(14(17)18)11(6-9)13(8)12/h3-4,7,9,15H,5-6H2,1-2H3,(H,17,18). The van der Waals surface area contributed by atoms with Crippen LogP contribution in [-0.4, -0.2) is 35.1 Å². The number of rotatable bonds is 2. The molecular formula is C14H16N2OS. The van der Waals surface area contributed by atoms with Gasteiger partial charge in [-0.2, -0.15) is 0 Å². The molecule has 0 amide bonds. The minimum atomic E-state index is -0.140. The number of carbonyl (C=O) groups excluding carboxylic acids is 1. The summed E-state index contributed by atoms with van der Waals surface area (Å²) in [6.45, 7) is 0. The Labute approximate surface area is 112 Å². The number of nitrogens with one attached hydrogen (secondary N) is 1. The zero-order valence-corrected chi connectivity index (χ0v) is 11.4. The number of H-pyrrole nitrogens is 1. The second-order valence-electron chi connectivity index (χ2n) is 5.16. The number of thiol groups is 1. The van der Waals surface area contributed by atoms with Crippen molar-refractivity contribution in [2.24, 2.45) is 0 Å². The minimum Gasteiger partial charge on any atom is -0.361 e. The molecule has 2 aromatic rings. The van der Waals surface area contributed by atoms with Gasteiger partial charge in [0.05, 0.1) is 0 Å². The lowest BCUT2D eigenvalue weighted by Crippen LogP contribution is -2.34. The van der Waals surface area contributed by atoms with Gasteiger partial charge in [0.25, 0.3) is 0 Å². The monoisotopic (exact) mass is 260 g/mol. The van der Waals surface area contributed by atoms with Crippen molar-refractivity contribution >= 4 is 28.6 Å². The summed E-state index contributed by atoms with van der Waals surface area (Å²) in [5, 5.41) is 1.09. The van der Waals surface area contributed by atoms with Crippen molar-refractivity contribution in [2.75, 3.05) is 14.1 Å². The summed E-state index contributed by atoms with van der Waals surface area (Å²) in [7, 11) is 4.18. The van der Waals surface area contributed by atoms with E-state index in [0.29, 0.717) is 6.04 Å². The smallest absolute Gasteiger partial charge is 0.216 e. The second-order valence-corrected chi connectivity index (χ2v) is 5.57. The van der Waals surface area contributed by atoms with E-state index in [-0.39, 0.29) is 5.12 Å². The molecule has 1 heterocycles. The highest BCUT2D eigenvalue weighted by molar-refractivity contribution is 7.97. The van der Waals surface area contributed by atoms with E-state index in [2.05, 4.69) is 42.8 Å². The fourth-order valence-corrected chi connectivity index (χ4v) is 3.08. The van der Waals surface area contributed by atoms with Crippen LogP contribution in [0.3, 0.4) is 0 Å². The van der Waals surface area contributed by atoms with Crippen LogP contribution >= 0.6 is 12.6 Å². The Hall–Kier alpha value is -1.26. The normalized spacial score (nSPS) is 18.6. The summed E-state index contributed by atoms with van der Waals surface area (Å²) in [6, 6.07) is 4.30. The Balaban J connectivity index is 2.24. The van der Waals surface area contributed by atoms with Crippen LogP contribution in [0.15, 0.2) is 18.3 Å². The van der Waals surface area contributed by atoms with Gasteiger partial charge >= 0.3 is 0 Å². The second kappa shape index (κ2) is 4.14. The molecule has 0 bridgehead atoms. The van der Waals surface area contributed by atoms with E-state index in [1.165, 1.54) is 10.9 Å². The maximum atomic E-state index is 11.6. The van der Waals surface area contributed by atoms with Gasteiger partial charge in [0.15, 0.2) is 0 Å². The van der Waals surface area contributed by atoms with Gasteiger partial charge in [-0.05, 0) is 50.2 Å². The van der Waals surface area contributed by atoms with Gasteiger partial charge < -0.3 is 9.88 Å². The van der Waals surface area contributed by atoms with Crippen molar-refractivity contribution in [2.45, 2.75) is 18.9 Å². The Morgan fingerprint density at radius 2 is 2.17 bits per heavy atom. The molecule has 1 N–H and O–H groups in total. The molecule has 0 fully saturated rings. The average Bonchev–Trinajstić information content (AvgIpc) is 2.74. The van der Waals surface area contributed by atoms with Crippen LogP contribution < -0.4 is 0 Å². The molecule has 1 unspecified atom stereocenters. The molecule has 0 saturated carbocycles. The van der Waals surface area contributed by atoms with Gasteiger partial charge in [0.2, 0.25) is 5.12 Å². The third kappa shape index (κ3) is 1.68. The largest absolute Gasteiger partial charge is 0.361 e. The molecule has 0 aliphatic heterocycles. The number of benzene rings is 1. The van der Waals surface area contributed by atoms with Crippen LogP contribution in [0.5, 0.6) is 0 Å². The van der Waals surface area contributed by atoms with Crippen molar-refractivity contribution in [1.29, 1.82) is 0 Å². The Morgan fingerprint density at radius 3 is 2.83 bits per heavy atom. The number of nitrogens with zero attached hydrogens (tertiary/aromatic N) is 1. The zero-order valence-electron chi connectivity index (χ0n) is 10.5. The molecule has 1 aliphatic carbocycles. The number of carbonyl (C=O) groups is 1. The van der Waals surface area contributed by atoms with E-state index >= 15 is 0 Å². The van der Waals surface area contributed by atoms with Gasteiger partial charge in [0, 0.05) is 28.7 Å². The molecule has 3 rings (SSSR count). The van der Waals surface area contributed by atoms with E-state index in [4.69, 9.17) is 0 Å². The van der Waals surface area contributed by atoms with Crippen LogP contribution in [0.1, 0.15) is 21.5 Å². The van der Waals surface area contributed by atoms with Gasteiger partial charge in [-0.25, -0.2) is 0 Å². The fraction of sp³-hybridized carbons (Fsp3) is 0.357. The first-order chi connectivity index (χ1) is 8.58.